The summed E-state index contributed by atoms with van der Waals surface area (Å²) in [4.78, 5) is 17.4. The summed E-state index contributed by atoms with van der Waals surface area (Å²) in [5.41, 5.74) is 2.22. The average molecular weight is 464 g/mol. The van der Waals surface area contributed by atoms with Gasteiger partial charge >= 0.3 is 0 Å². The van der Waals surface area contributed by atoms with E-state index in [1.165, 1.54) is 11.3 Å². The van der Waals surface area contributed by atoms with Crippen LogP contribution in [0.4, 0.5) is 5.69 Å². The molecular formula is C23H33N3O3S2. The molecule has 1 N–H and O–H groups in total. The highest BCUT2D eigenvalue weighted by molar-refractivity contribution is 7.89. The van der Waals surface area contributed by atoms with Crippen LogP contribution in [0, 0.1) is 0 Å². The van der Waals surface area contributed by atoms with Gasteiger partial charge in [-0.25, -0.2) is 17.7 Å². The van der Waals surface area contributed by atoms with Crippen LogP contribution >= 0.6 is 11.3 Å². The lowest BCUT2D eigenvalue weighted by Crippen LogP contribution is -2.39. The van der Waals surface area contributed by atoms with Gasteiger partial charge in [0.25, 0.3) is 5.91 Å². The van der Waals surface area contributed by atoms with Gasteiger partial charge in [-0.15, -0.1) is 11.3 Å². The van der Waals surface area contributed by atoms with Crippen LogP contribution in [-0.2, 0) is 15.4 Å². The minimum atomic E-state index is -3.16. The Balaban J connectivity index is 1.63. The number of carbonyl (C=O) groups is 1. The molecule has 8 heteroatoms. The van der Waals surface area contributed by atoms with Crippen molar-refractivity contribution in [3.8, 4) is 0 Å². The van der Waals surface area contributed by atoms with Gasteiger partial charge < -0.3 is 5.32 Å². The zero-order valence-corrected chi connectivity index (χ0v) is 20.5. The molecular weight excluding hydrogens is 430 g/mol. The average Bonchev–Trinajstić information content (AvgIpc) is 3.22. The van der Waals surface area contributed by atoms with E-state index >= 15 is 0 Å². The molecule has 0 saturated carbocycles. The maximum Gasteiger partial charge on any atom is 0.275 e. The van der Waals surface area contributed by atoms with Gasteiger partial charge in [0.2, 0.25) is 10.0 Å². The van der Waals surface area contributed by atoms with Crippen molar-refractivity contribution in [2.75, 3.05) is 24.2 Å². The Morgan fingerprint density at radius 2 is 1.90 bits per heavy atom. The number of nitrogens with one attached hydrogen (secondary N) is 1. The van der Waals surface area contributed by atoms with Crippen molar-refractivity contribution in [2.24, 2.45) is 0 Å². The molecule has 1 aromatic heterocycles. The Labute approximate surface area is 190 Å². The second kappa shape index (κ2) is 9.79. The van der Waals surface area contributed by atoms with E-state index in [2.05, 4.69) is 31.1 Å². The SMILES string of the molecule is CCCCS(=O)(=O)N1CCC(c2nc(C(=O)Nc3ccccc3C(C)(C)C)cs2)CC1. The summed E-state index contributed by atoms with van der Waals surface area (Å²) >= 11 is 1.49. The van der Waals surface area contributed by atoms with E-state index in [4.69, 9.17) is 0 Å². The third-order valence-electron chi connectivity index (χ3n) is 5.69. The maximum absolute atomic E-state index is 12.8. The number of carbonyl (C=O) groups excluding carboxylic acids is 1. The van der Waals surface area contributed by atoms with Gasteiger partial charge in [0.05, 0.1) is 10.8 Å². The monoisotopic (exact) mass is 463 g/mol. The predicted octanol–water partition coefficient (Wildman–Crippen LogP) is 5.00. The zero-order valence-electron chi connectivity index (χ0n) is 18.8. The Morgan fingerprint density at radius 3 is 2.55 bits per heavy atom. The Hall–Kier alpha value is -1.77. The molecule has 2 aromatic rings. The summed E-state index contributed by atoms with van der Waals surface area (Å²) in [5, 5.41) is 5.73. The topological polar surface area (TPSA) is 79.4 Å². The van der Waals surface area contributed by atoms with Crippen LogP contribution in [-0.4, -0.2) is 42.5 Å². The number of thiazole rings is 1. The summed E-state index contributed by atoms with van der Waals surface area (Å²) in [6.07, 6.45) is 3.06. The first-order valence-electron chi connectivity index (χ1n) is 11.0. The zero-order chi connectivity index (χ0) is 22.6. The van der Waals surface area contributed by atoms with E-state index in [1.807, 2.05) is 31.2 Å². The Bertz CT molecular complexity index is 1000. The van der Waals surface area contributed by atoms with E-state index in [9.17, 15) is 13.2 Å². The highest BCUT2D eigenvalue weighted by Crippen LogP contribution is 2.32. The van der Waals surface area contributed by atoms with Crippen LogP contribution in [0.5, 0.6) is 0 Å². The lowest BCUT2D eigenvalue weighted by Gasteiger charge is -2.30. The number of benzene rings is 1. The molecule has 170 valence electrons. The molecule has 0 unspecified atom stereocenters. The van der Waals surface area contributed by atoms with Crippen LogP contribution in [0.2, 0.25) is 0 Å². The van der Waals surface area contributed by atoms with Crippen molar-refractivity contribution in [3.63, 3.8) is 0 Å². The van der Waals surface area contributed by atoms with Crippen LogP contribution in [0.15, 0.2) is 29.6 Å². The minimum absolute atomic E-state index is 0.0808. The number of hydrogen-bond acceptors (Lipinski definition) is 5. The second-order valence-corrected chi connectivity index (χ2v) is 12.1. The molecule has 0 radical (unpaired) electrons. The van der Waals surface area contributed by atoms with Gasteiger partial charge in [-0.3, -0.25) is 4.79 Å². The highest BCUT2D eigenvalue weighted by atomic mass is 32.2. The van der Waals surface area contributed by atoms with Crippen molar-refractivity contribution in [3.05, 3.63) is 45.9 Å². The molecule has 0 spiro atoms. The summed E-state index contributed by atoms with van der Waals surface area (Å²) in [6, 6.07) is 7.84. The fourth-order valence-electron chi connectivity index (χ4n) is 3.85. The smallest absolute Gasteiger partial charge is 0.275 e. The number of para-hydroxylation sites is 1. The number of nitrogens with zero attached hydrogens (tertiary/aromatic N) is 2. The summed E-state index contributed by atoms with van der Waals surface area (Å²) in [7, 11) is -3.16. The molecule has 1 aromatic carbocycles. The van der Waals surface area contributed by atoms with Gasteiger partial charge in [0.1, 0.15) is 5.69 Å². The lowest BCUT2D eigenvalue weighted by atomic mass is 9.86. The number of aromatic nitrogens is 1. The quantitative estimate of drug-likeness (QED) is 0.626. The van der Waals surface area contributed by atoms with E-state index in [0.717, 1.165) is 35.5 Å². The standard InChI is InChI=1S/C23H33N3O3S2/c1-5-6-15-31(28,29)26-13-11-17(12-14-26)22-25-20(16-30-22)21(27)24-19-10-8-7-9-18(19)23(2,3)4/h7-10,16-17H,5-6,11-15H2,1-4H3,(H,24,27). The molecule has 1 fully saturated rings. The van der Waals surface area contributed by atoms with Crippen molar-refractivity contribution in [1.82, 2.24) is 9.29 Å². The van der Waals surface area contributed by atoms with Crippen molar-refractivity contribution >= 4 is 33.0 Å². The number of piperidine rings is 1. The molecule has 1 aliphatic rings. The van der Waals surface area contributed by atoms with Gasteiger partial charge in [-0.2, -0.15) is 0 Å². The van der Waals surface area contributed by atoms with Gasteiger partial charge in [-0.1, -0.05) is 52.3 Å². The molecule has 31 heavy (non-hydrogen) atoms. The first-order chi connectivity index (χ1) is 14.6. The summed E-state index contributed by atoms with van der Waals surface area (Å²) in [5.74, 6) is 0.219. The van der Waals surface area contributed by atoms with Crippen molar-refractivity contribution in [1.29, 1.82) is 0 Å². The fourth-order valence-corrected chi connectivity index (χ4v) is 6.50. The van der Waals surface area contributed by atoms with E-state index < -0.39 is 10.0 Å². The van der Waals surface area contributed by atoms with Gasteiger partial charge in [-0.05, 0) is 36.3 Å². The van der Waals surface area contributed by atoms with Crippen LogP contribution in [0.3, 0.4) is 0 Å². The van der Waals surface area contributed by atoms with Crippen LogP contribution < -0.4 is 5.32 Å². The minimum Gasteiger partial charge on any atom is -0.320 e. The molecule has 2 heterocycles. The first kappa shape index (κ1) is 23.9. The number of hydrogen-bond donors (Lipinski definition) is 1. The molecule has 1 aliphatic heterocycles. The van der Waals surface area contributed by atoms with Crippen molar-refractivity contribution in [2.45, 2.75) is 64.7 Å². The number of anilines is 1. The molecule has 0 atom stereocenters. The van der Waals surface area contributed by atoms with Crippen LogP contribution in [0.25, 0.3) is 0 Å². The number of amides is 1. The normalized spacial score (nSPS) is 16.4. The van der Waals surface area contributed by atoms with E-state index in [-0.39, 0.29) is 23.0 Å². The molecule has 6 nitrogen and oxygen atoms in total. The third-order valence-corrected chi connectivity index (χ3v) is 8.65. The van der Waals surface area contributed by atoms with Crippen molar-refractivity contribution < 1.29 is 13.2 Å². The number of sulfonamides is 1. The Kier molecular flexibility index (Phi) is 7.55. The highest BCUT2D eigenvalue weighted by Gasteiger charge is 2.30. The van der Waals surface area contributed by atoms with Gasteiger partial charge in [0.15, 0.2) is 0 Å². The fraction of sp³-hybridized carbons (Fsp3) is 0.565. The van der Waals surface area contributed by atoms with Crippen LogP contribution in [0.1, 0.15) is 80.4 Å². The second-order valence-electron chi connectivity index (χ2n) is 9.16. The summed E-state index contributed by atoms with van der Waals surface area (Å²) < 4.78 is 26.4. The first-order valence-corrected chi connectivity index (χ1v) is 13.4. The molecule has 3 rings (SSSR count). The molecule has 1 amide bonds. The lowest BCUT2D eigenvalue weighted by molar-refractivity contribution is 0.102. The van der Waals surface area contributed by atoms with Gasteiger partial charge in [0, 0.05) is 30.1 Å². The number of unbranched alkanes of at least 4 members (excludes halogenated alkanes) is 1. The largest absolute Gasteiger partial charge is 0.320 e. The predicted molar refractivity (Wildman–Crippen MR) is 127 cm³/mol. The molecule has 1 saturated heterocycles. The molecule has 0 aliphatic carbocycles. The van der Waals surface area contributed by atoms with E-state index in [1.54, 1.807) is 9.69 Å². The Morgan fingerprint density at radius 1 is 1.23 bits per heavy atom. The third kappa shape index (κ3) is 5.93. The maximum atomic E-state index is 12.8. The van der Waals surface area contributed by atoms with E-state index in [0.29, 0.717) is 25.2 Å². The summed E-state index contributed by atoms with van der Waals surface area (Å²) in [6.45, 7) is 9.41. The number of rotatable bonds is 7. The molecule has 0 bridgehead atoms.